The summed E-state index contributed by atoms with van der Waals surface area (Å²) in [5.41, 5.74) is 4.08. The van der Waals surface area contributed by atoms with E-state index in [9.17, 15) is 24.2 Å². The van der Waals surface area contributed by atoms with Crippen LogP contribution in [0.3, 0.4) is 0 Å². The number of fused-ring (bicyclic) bond motifs is 1. The van der Waals surface area contributed by atoms with Gasteiger partial charge in [-0.2, -0.15) is 10.4 Å². The summed E-state index contributed by atoms with van der Waals surface area (Å²) in [4.78, 5) is 42.4. The molecular weight excluding hydrogens is 659 g/mol. The number of ether oxygens (including phenoxy) is 8. The van der Waals surface area contributed by atoms with Crippen molar-refractivity contribution in [3.8, 4) is 6.07 Å². The van der Waals surface area contributed by atoms with Crippen LogP contribution >= 0.6 is 8.18 Å². The van der Waals surface area contributed by atoms with E-state index in [1.54, 1.807) is 13.8 Å². The minimum atomic E-state index is -2.83. The number of nitrogens with one attached hydrogen (secondary N) is 1. The van der Waals surface area contributed by atoms with Gasteiger partial charge in [0.2, 0.25) is 5.60 Å². The molecule has 1 unspecified atom stereocenters. The Hall–Kier alpha value is -3.86. The molecule has 0 aromatic carbocycles. The third kappa shape index (κ3) is 12.0. The Morgan fingerprint density at radius 2 is 1.62 bits per heavy atom. The third-order valence-corrected chi connectivity index (χ3v) is 7.27. The summed E-state index contributed by atoms with van der Waals surface area (Å²) < 4.78 is 62.2. The monoisotopic (exact) mass is 701 g/mol. The molecule has 20 heteroatoms. The maximum Gasteiger partial charge on any atom is 0.613 e. The van der Waals surface area contributed by atoms with Crippen molar-refractivity contribution in [2.45, 2.75) is 50.7 Å². The summed E-state index contributed by atoms with van der Waals surface area (Å²) in [6, 6.07) is 3.82. The number of aromatic nitrogens is 3. The van der Waals surface area contributed by atoms with Crippen molar-refractivity contribution in [1.82, 2.24) is 19.7 Å². The van der Waals surface area contributed by atoms with Crippen LogP contribution in [0.15, 0.2) is 18.5 Å². The fourth-order valence-electron chi connectivity index (χ4n) is 3.95. The molecule has 2 rings (SSSR count). The van der Waals surface area contributed by atoms with Gasteiger partial charge in [-0.1, -0.05) is 5.09 Å². The Labute approximate surface area is 278 Å². The smallest absolute Gasteiger partial charge is 0.462 e. The van der Waals surface area contributed by atoms with E-state index in [0.29, 0.717) is 5.52 Å². The number of nitrogens with zero attached hydrogens (tertiary/aromatic N) is 4. The summed E-state index contributed by atoms with van der Waals surface area (Å²) in [7, 11) is 1.18. The predicted molar refractivity (Wildman–Crippen MR) is 164 cm³/mol. The Morgan fingerprint density at radius 1 is 1.00 bits per heavy atom. The Kier molecular flexibility index (Phi) is 17.2. The quantitative estimate of drug-likeness (QED) is 0.0699. The van der Waals surface area contributed by atoms with E-state index < -0.39 is 75.9 Å². The van der Waals surface area contributed by atoms with Crippen molar-refractivity contribution in [1.29, 1.82) is 5.26 Å². The second kappa shape index (κ2) is 20.5. The van der Waals surface area contributed by atoms with E-state index in [2.05, 4.69) is 15.2 Å². The number of hydrogen-bond acceptors (Lipinski definition) is 17. The highest BCUT2D eigenvalue weighted by Gasteiger charge is 2.53. The second-order valence-corrected chi connectivity index (χ2v) is 11.2. The van der Waals surface area contributed by atoms with Crippen molar-refractivity contribution in [2.24, 2.45) is 0 Å². The number of nitrogen functional groups attached to an aromatic ring is 1. The first-order valence-corrected chi connectivity index (χ1v) is 15.7. The Balaban J connectivity index is 2.55. The molecule has 0 saturated heterocycles. The second-order valence-electron chi connectivity index (χ2n) is 10.2. The summed E-state index contributed by atoms with van der Waals surface area (Å²) in [6.07, 6.45) is -2.75. The average Bonchev–Trinajstić information content (AvgIpc) is 3.49. The molecule has 0 spiro atoms. The first kappa shape index (κ1) is 40.3. The van der Waals surface area contributed by atoms with Crippen molar-refractivity contribution in [3.63, 3.8) is 0 Å². The number of methoxy groups -OCH3 is 3. The van der Waals surface area contributed by atoms with Gasteiger partial charge in [0.15, 0.2) is 24.6 Å². The molecule has 0 aliphatic rings. The Morgan fingerprint density at radius 3 is 2.19 bits per heavy atom. The van der Waals surface area contributed by atoms with Crippen LogP contribution in [0.1, 0.15) is 32.6 Å². The first-order valence-electron chi connectivity index (χ1n) is 14.6. The zero-order valence-corrected chi connectivity index (χ0v) is 28.5. The minimum absolute atomic E-state index is 0.0351. The van der Waals surface area contributed by atoms with Crippen LogP contribution in [0.2, 0.25) is 0 Å². The van der Waals surface area contributed by atoms with Crippen LogP contribution in [-0.2, 0) is 61.4 Å². The summed E-state index contributed by atoms with van der Waals surface area (Å²) in [5, 5.41) is 17.1. The number of nitrogens with two attached hydrogens (primary N) is 1. The number of carbonyl (C=O) groups is 3. The number of rotatable bonds is 23. The number of hydrogen-bond donors (Lipinski definition) is 2. The lowest BCUT2D eigenvalue weighted by molar-refractivity contribution is -0.198. The lowest BCUT2D eigenvalue weighted by atomic mass is 9.92. The van der Waals surface area contributed by atoms with Gasteiger partial charge in [0, 0.05) is 21.3 Å². The molecule has 2 aromatic heterocycles. The first-order chi connectivity index (χ1) is 22.9. The van der Waals surface area contributed by atoms with E-state index in [0.717, 1.165) is 13.4 Å². The maximum absolute atomic E-state index is 13.1. The maximum atomic E-state index is 13.1. The molecule has 2 heterocycles. The summed E-state index contributed by atoms with van der Waals surface area (Å²) >= 11 is 0. The van der Waals surface area contributed by atoms with E-state index in [1.165, 1.54) is 37.8 Å². The van der Waals surface area contributed by atoms with Gasteiger partial charge in [-0.05, 0) is 37.5 Å². The lowest BCUT2D eigenvalue weighted by Crippen LogP contribution is -2.53. The van der Waals surface area contributed by atoms with Gasteiger partial charge in [0.1, 0.15) is 37.2 Å². The number of nitriles is 1. The molecule has 0 amide bonds. The van der Waals surface area contributed by atoms with Gasteiger partial charge >= 0.3 is 26.1 Å². The zero-order valence-electron chi connectivity index (χ0n) is 27.6. The highest BCUT2D eigenvalue weighted by atomic mass is 31.1. The fraction of sp³-hybridized carbons (Fsp3) is 0.643. The number of esters is 3. The number of carbonyl (C=O) groups excluding carboxylic acids is 3. The van der Waals surface area contributed by atoms with Crippen molar-refractivity contribution < 1.29 is 61.4 Å². The van der Waals surface area contributed by atoms with Gasteiger partial charge < -0.3 is 43.6 Å². The van der Waals surface area contributed by atoms with Crippen LogP contribution in [-0.4, -0.2) is 124 Å². The van der Waals surface area contributed by atoms with Gasteiger partial charge in [0.05, 0.1) is 38.2 Å². The molecular formula is C28H42N6O13P+. The molecule has 0 aliphatic carbocycles. The standard InChI is InChI=1S/C28H42N6O13P/c1-18(2)45-27(37)19(3)33-48(38)44-16-28(15-29,41-6)25(47-23(36)14-43-12-10-40-5)24(46-22(35)13-42-11-9-39-4)20-7-8-21-26(30)31-17-32-34(20)21/h7-8,17-19,24-25H,9-14,16H2,1-6H3,(H,33,38)(H2,30,31,32)/q+1/t19-,24-,25-,28+/m0/s1. The summed E-state index contributed by atoms with van der Waals surface area (Å²) in [5.74, 6) is -2.55. The molecule has 3 N–H and O–H groups in total. The van der Waals surface area contributed by atoms with Crippen LogP contribution in [0.5, 0.6) is 0 Å². The number of anilines is 1. The van der Waals surface area contributed by atoms with Crippen LogP contribution in [0.25, 0.3) is 5.52 Å². The third-order valence-electron chi connectivity index (χ3n) is 6.31. The predicted octanol–water partition coefficient (Wildman–Crippen LogP) is 0.646. The molecule has 0 radical (unpaired) electrons. The molecule has 266 valence electrons. The summed E-state index contributed by atoms with van der Waals surface area (Å²) in [6.45, 7) is 3.19. The molecule has 0 fully saturated rings. The van der Waals surface area contributed by atoms with Gasteiger partial charge in [-0.3, -0.25) is 4.79 Å². The van der Waals surface area contributed by atoms with Crippen molar-refractivity contribution in [2.75, 3.05) is 73.3 Å². The molecule has 0 aliphatic heterocycles. The van der Waals surface area contributed by atoms with E-state index >= 15 is 0 Å². The van der Waals surface area contributed by atoms with Crippen molar-refractivity contribution >= 4 is 37.4 Å². The van der Waals surface area contributed by atoms with Gasteiger partial charge in [-0.25, -0.2) is 19.1 Å². The van der Waals surface area contributed by atoms with E-state index in [1.807, 2.05) is 6.07 Å². The SMILES string of the molecule is COCCOCC(=O)O[C@@H](c1ccc2c(N)ncnn12)[C@H](OC(=O)COCCOC)[C@@](C#N)(CO[P+](=O)N[C@@H](C)C(=O)OC(C)C)OC. The average molecular weight is 702 g/mol. The van der Waals surface area contributed by atoms with Gasteiger partial charge in [-0.15, -0.1) is 4.52 Å². The van der Waals surface area contributed by atoms with Gasteiger partial charge in [0.25, 0.3) is 0 Å². The minimum Gasteiger partial charge on any atom is -0.462 e. The van der Waals surface area contributed by atoms with Crippen molar-refractivity contribution in [3.05, 3.63) is 24.2 Å². The molecule has 2 aromatic rings. The molecule has 0 saturated carbocycles. The Bertz CT molecular complexity index is 1400. The molecule has 5 atom stereocenters. The zero-order chi connectivity index (χ0) is 35.7. The van der Waals surface area contributed by atoms with E-state index in [-0.39, 0.29) is 37.9 Å². The largest absolute Gasteiger partial charge is 0.613 e. The highest BCUT2D eigenvalue weighted by molar-refractivity contribution is 7.36. The van der Waals surface area contributed by atoms with Crippen LogP contribution in [0.4, 0.5) is 5.82 Å². The lowest BCUT2D eigenvalue weighted by Gasteiger charge is -2.36. The van der Waals surface area contributed by atoms with Crippen LogP contribution < -0.4 is 10.8 Å². The molecule has 19 nitrogen and oxygen atoms in total. The molecule has 0 bridgehead atoms. The topological polar surface area (TPSA) is 243 Å². The highest BCUT2D eigenvalue weighted by Crippen LogP contribution is 2.36. The van der Waals surface area contributed by atoms with E-state index in [4.69, 9.17) is 48.2 Å². The van der Waals surface area contributed by atoms with Crippen LogP contribution in [0, 0.1) is 11.3 Å². The molecule has 48 heavy (non-hydrogen) atoms. The fourth-order valence-corrected chi connectivity index (χ4v) is 4.76. The normalized spacial score (nSPS) is 14.8.